The number of thiophene rings is 1. The second-order valence-corrected chi connectivity index (χ2v) is 8.61. The molecule has 4 rings (SSSR count). The molecule has 1 aromatic carbocycles. The highest BCUT2D eigenvalue weighted by atomic mass is 32.1. The van der Waals surface area contributed by atoms with Crippen LogP contribution in [0.5, 0.6) is 0 Å². The molecule has 0 aliphatic carbocycles. The Balaban J connectivity index is 1.36. The van der Waals surface area contributed by atoms with Gasteiger partial charge in [-0.05, 0) is 29.5 Å². The van der Waals surface area contributed by atoms with Gasteiger partial charge in [0.25, 0.3) is 0 Å². The minimum absolute atomic E-state index is 0.297. The zero-order valence-electron chi connectivity index (χ0n) is 15.2. The van der Waals surface area contributed by atoms with Crippen LogP contribution in [0.15, 0.2) is 42.5 Å². The first-order valence-electron chi connectivity index (χ1n) is 9.59. The number of nitrogens with zero attached hydrogens (tertiary/aromatic N) is 2. The fourth-order valence-electron chi connectivity index (χ4n) is 4.13. The average molecular weight is 373 g/mol. The molecule has 2 saturated heterocycles. The van der Waals surface area contributed by atoms with Crippen molar-refractivity contribution in [3.8, 4) is 10.4 Å². The van der Waals surface area contributed by atoms with E-state index in [-0.39, 0.29) is 0 Å². The Morgan fingerprint density at radius 3 is 2.50 bits per heavy atom. The molecule has 1 N–H and O–H groups in total. The Kier molecular flexibility index (Phi) is 6.02. The van der Waals surface area contributed by atoms with Gasteiger partial charge in [-0.25, -0.2) is 0 Å². The second-order valence-electron chi connectivity index (χ2n) is 7.44. The molecular formula is C21H28N2O2S. The van der Waals surface area contributed by atoms with E-state index in [0.717, 1.165) is 52.5 Å². The molecule has 2 fully saturated rings. The lowest BCUT2D eigenvalue weighted by Crippen LogP contribution is -2.41. The highest BCUT2D eigenvalue weighted by Crippen LogP contribution is 2.31. The smallest absolute Gasteiger partial charge is 0.0594 e. The normalized spacial score (nSPS) is 25.0. The molecule has 0 spiro atoms. The average Bonchev–Trinajstić information content (AvgIpc) is 3.30. The van der Waals surface area contributed by atoms with Crippen molar-refractivity contribution in [2.75, 3.05) is 52.5 Å². The molecular weight excluding hydrogens is 344 g/mol. The van der Waals surface area contributed by atoms with Gasteiger partial charge in [-0.2, -0.15) is 0 Å². The van der Waals surface area contributed by atoms with Crippen molar-refractivity contribution in [2.45, 2.75) is 6.54 Å². The van der Waals surface area contributed by atoms with Crippen LogP contribution in [0, 0.1) is 11.8 Å². The molecule has 140 valence electrons. The Labute approximate surface area is 160 Å². The van der Waals surface area contributed by atoms with Gasteiger partial charge in [0.1, 0.15) is 0 Å². The van der Waals surface area contributed by atoms with E-state index < -0.39 is 0 Å². The highest BCUT2D eigenvalue weighted by Gasteiger charge is 2.33. The maximum absolute atomic E-state index is 9.84. The molecule has 4 nitrogen and oxygen atoms in total. The van der Waals surface area contributed by atoms with Crippen LogP contribution in [-0.2, 0) is 11.3 Å². The monoisotopic (exact) mass is 372 g/mol. The van der Waals surface area contributed by atoms with Gasteiger partial charge in [0.2, 0.25) is 0 Å². The molecule has 2 atom stereocenters. The summed E-state index contributed by atoms with van der Waals surface area (Å²) in [6.45, 7) is 8.21. The van der Waals surface area contributed by atoms with Crippen LogP contribution in [0.4, 0.5) is 0 Å². The lowest BCUT2D eigenvalue weighted by Gasteiger charge is -2.30. The fourth-order valence-corrected chi connectivity index (χ4v) is 5.19. The molecule has 0 saturated carbocycles. The van der Waals surface area contributed by atoms with E-state index in [1.165, 1.54) is 15.3 Å². The first-order chi connectivity index (χ1) is 12.8. The topological polar surface area (TPSA) is 35.9 Å². The van der Waals surface area contributed by atoms with Crippen LogP contribution >= 0.6 is 11.3 Å². The molecule has 26 heavy (non-hydrogen) atoms. The van der Waals surface area contributed by atoms with Crippen molar-refractivity contribution in [1.82, 2.24) is 9.80 Å². The molecule has 2 aliphatic rings. The van der Waals surface area contributed by atoms with E-state index in [4.69, 9.17) is 4.74 Å². The third kappa shape index (κ3) is 4.35. The van der Waals surface area contributed by atoms with Crippen LogP contribution in [0.3, 0.4) is 0 Å². The van der Waals surface area contributed by atoms with E-state index in [2.05, 4.69) is 52.3 Å². The third-order valence-corrected chi connectivity index (χ3v) is 6.70. The van der Waals surface area contributed by atoms with Crippen LogP contribution in [-0.4, -0.2) is 67.5 Å². The number of aliphatic hydroxyl groups excluding tert-OH is 1. The van der Waals surface area contributed by atoms with Crippen molar-refractivity contribution >= 4 is 11.3 Å². The summed E-state index contributed by atoms with van der Waals surface area (Å²) in [7, 11) is 0. The van der Waals surface area contributed by atoms with Gasteiger partial charge in [0, 0.05) is 55.6 Å². The van der Waals surface area contributed by atoms with Crippen molar-refractivity contribution in [2.24, 2.45) is 11.8 Å². The second kappa shape index (κ2) is 8.63. The number of ether oxygens (including phenoxy) is 1. The van der Waals surface area contributed by atoms with Gasteiger partial charge in [0.05, 0.1) is 13.2 Å². The first kappa shape index (κ1) is 18.1. The predicted octanol–water partition coefficient (Wildman–Crippen LogP) is 2.79. The SMILES string of the molecule is OCC1CN(Cc2ccc(-c3ccccc3)s2)CC1CN1CCOCC1. The Hall–Kier alpha value is -1.24. The summed E-state index contributed by atoms with van der Waals surface area (Å²) in [6, 6.07) is 15.1. The number of benzene rings is 1. The molecule has 5 heteroatoms. The first-order valence-corrected chi connectivity index (χ1v) is 10.4. The highest BCUT2D eigenvalue weighted by molar-refractivity contribution is 7.15. The minimum atomic E-state index is 0.297. The molecule has 0 radical (unpaired) electrons. The molecule has 2 aliphatic heterocycles. The third-order valence-electron chi connectivity index (χ3n) is 5.58. The lowest BCUT2D eigenvalue weighted by molar-refractivity contribution is 0.0264. The summed E-state index contributed by atoms with van der Waals surface area (Å²) in [5, 5.41) is 9.84. The number of likely N-dealkylation sites (tertiary alicyclic amines) is 1. The maximum Gasteiger partial charge on any atom is 0.0594 e. The van der Waals surface area contributed by atoms with E-state index in [9.17, 15) is 5.11 Å². The maximum atomic E-state index is 9.84. The van der Waals surface area contributed by atoms with E-state index in [1.807, 2.05) is 11.3 Å². The number of aliphatic hydroxyl groups is 1. The van der Waals surface area contributed by atoms with Crippen LogP contribution in [0.2, 0.25) is 0 Å². The van der Waals surface area contributed by atoms with Crippen LogP contribution < -0.4 is 0 Å². The molecule has 1 aromatic heterocycles. The van der Waals surface area contributed by atoms with Gasteiger partial charge < -0.3 is 9.84 Å². The minimum Gasteiger partial charge on any atom is -0.396 e. The number of rotatable bonds is 6. The molecule has 0 bridgehead atoms. The number of hydrogen-bond donors (Lipinski definition) is 1. The Morgan fingerprint density at radius 2 is 1.73 bits per heavy atom. The van der Waals surface area contributed by atoms with E-state index >= 15 is 0 Å². The van der Waals surface area contributed by atoms with Gasteiger partial charge in [-0.1, -0.05) is 30.3 Å². The quantitative estimate of drug-likeness (QED) is 0.846. The van der Waals surface area contributed by atoms with Gasteiger partial charge in [-0.15, -0.1) is 11.3 Å². The van der Waals surface area contributed by atoms with Crippen LogP contribution in [0.1, 0.15) is 4.88 Å². The standard InChI is InChI=1S/C21H28N2O2S/c24-16-19-14-23(13-18(19)12-22-8-10-25-11-9-22)15-20-6-7-21(26-20)17-4-2-1-3-5-17/h1-7,18-19,24H,8-16H2. The lowest BCUT2D eigenvalue weighted by atomic mass is 9.96. The van der Waals surface area contributed by atoms with E-state index in [1.54, 1.807) is 0 Å². The number of morpholine rings is 1. The summed E-state index contributed by atoms with van der Waals surface area (Å²) in [5.41, 5.74) is 1.30. The van der Waals surface area contributed by atoms with Gasteiger partial charge in [0.15, 0.2) is 0 Å². The van der Waals surface area contributed by atoms with Crippen LogP contribution in [0.25, 0.3) is 10.4 Å². The van der Waals surface area contributed by atoms with Crippen molar-refractivity contribution in [1.29, 1.82) is 0 Å². The van der Waals surface area contributed by atoms with E-state index in [0.29, 0.717) is 18.4 Å². The summed E-state index contributed by atoms with van der Waals surface area (Å²) in [4.78, 5) is 7.77. The summed E-state index contributed by atoms with van der Waals surface area (Å²) >= 11 is 1.89. The fraction of sp³-hybridized carbons (Fsp3) is 0.524. The van der Waals surface area contributed by atoms with Crippen molar-refractivity contribution in [3.05, 3.63) is 47.3 Å². The summed E-state index contributed by atoms with van der Waals surface area (Å²) in [5.74, 6) is 0.957. The zero-order chi connectivity index (χ0) is 17.8. The molecule has 2 unspecified atom stereocenters. The van der Waals surface area contributed by atoms with Gasteiger partial charge >= 0.3 is 0 Å². The molecule has 2 aromatic rings. The predicted molar refractivity (Wildman–Crippen MR) is 106 cm³/mol. The number of hydrogen-bond acceptors (Lipinski definition) is 5. The van der Waals surface area contributed by atoms with Crippen molar-refractivity contribution in [3.63, 3.8) is 0 Å². The Bertz CT molecular complexity index is 684. The largest absolute Gasteiger partial charge is 0.396 e. The Morgan fingerprint density at radius 1 is 0.962 bits per heavy atom. The zero-order valence-corrected chi connectivity index (χ0v) is 16.0. The molecule has 0 amide bonds. The summed E-state index contributed by atoms with van der Waals surface area (Å²) in [6.07, 6.45) is 0. The van der Waals surface area contributed by atoms with Crippen molar-refractivity contribution < 1.29 is 9.84 Å². The van der Waals surface area contributed by atoms with Gasteiger partial charge in [-0.3, -0.25) is 9.80 Å². The summed E-state index contributed by atoms with van der Waals surface area (Å²) < 4.78 is 5.46. The molecule has 3 heterocycles.